The number of ether oxygens (including phenoxy) is 1. The number of rotatable bonds is 2. The second kappa shape index (κ2) is 6.10. The molecule has 1 aromatic heterocycles. The number of benzene rings is 2. The predicted octanol–water partition coefficient (Wildman–Crippen LogP) is 4.46. The molecule has 3 heteroatoms. The van der Waals surface area contributed by atoms with E-state index in [1.807, 2.05) is 18.5 Å². The summed E-state index contributed by atoms with van der Waals surface area (Å²) in [4.78, 5) is 9.21. The van der Waals surface area contributed by atoms with Crippen LogP contribution in [0.5, 0.6) is 0 Å². The Morgan fingerprint density at radius 2 is 1.77 bits per heavy atom. The molecule has 5 rings (SSSR count). The molecule has 2 aliphatic rings. The first-order valence-electron chi connectivity index (χ1n) is 9.08. The first-order valence-corrected chi connectivity index (χ1v) is 9.08. The maximum absolute atomic E-state index is 5.50. The molecule has 1 heterocycles. The van der Waals surface area contributed by atoms with Crippen LogP contribution in [0.25, 0.3) is 11.1 Å². The fourth-order valence-corrected chi connectivity index (χ4v) is 4.37. The van der Waals surface area contributed by atoms with Crippen molar-refractivity contribution in [2.75, 3.05) is 7.11 Å². The highest BCUT2D eigenvalue weighted by molar-refractivity contribution is 5.77. The average molecular weight is 340 g/mol. The maximum Gasteiger partial charge on any atom is 0.136 e. The zero-order valence-electron chi connectivity index (χ0n) is 14.8. The van der Waals surface area contributed by atoms with E-state index in [1.54, 1.807) is 7.11 Å². The van der Waals surface area contributed by atoms with Gasteiger partial charge in [0, 0.05) is 24.7 Å². The molecule has 0 spiro atoms. The number of hydrogen-bond acceptors (Lipinski definition) is 3. The molecule has 0 bridgehead atoms. The van der Waals surface area contributed by atoms with Gasteiger partial charge < -0.3 is 4.74 Å². The van der Waals surface area contributed by atoms with E-state index in [0.717, 1.165) is 30.8 Å². The van der Waals surface area contributed by atoms with E-state index < -0.39 is 0 Å². The zero-order valence-corrected chi connectivity index (χ0v) is 14.8. The van der Waals surface area contributed by atoms with Gasteiger partial charge in [0.05, 0.1) is 12.9 Å². The second-order valence-electron chi connectivity index (χ2n) is 6.94. The number of methoxy groups -OCH3 is 1. The summed E-state index contributed by atoms with van der Waals surface area (Å²) in [6.45, 7) is 0. The summed E-state index contributed by atoms with van der Waals surface area (Å²) >= 11 is 0. The van der Waals surface area contributed by atoms with Gasteiger partial charge in [0.2, 0.25) is 0 Å². The van der Waals surface area contributed by atoms with Gasteiger partial charge in [0.15, 0.2) is 0 Å². The molecule has 2 aromatic carbocycles. The molecule has 128 valence electrons. The van der Waals surface area contributed by atoms with Crippen LogP contribution in [0.2, 0.25) is 0 Å². The van der Waals surface area contributed by atoms with Gasteiger partial charge in [0.25, 0.3) is 0 Å². The first kappa shape index (κ1) is 15.3. The minimum Gasteiger partial charge on any atom is -0.501 e. The van der Waals surface area contributed by atoms with Crippen molar-refractivity contribution in [1.29, 1.82) is 0 Å². The number of allylic oxidation sites excluding steroid dienone is 2. The molecule has 3 aromatic rings. The normalized spacial score (nSPS) is 17.6. The summed E-state index contributed by atoms with van der Waals surface area (Å²) < 4.78 is 5.50. The van der Waals surface area contributed by atoms with Crippen LogP contribution in [0.3, 0.4) is 0 Å². The van der Waals surface area contributed by atoms with Gasteiger partial charge in [0.1, 0.15) is 5.82 Å². The molecule has 0 saturated carbocycles. The monoisotopic (exact) mass is 340 g/mol. The molecule has 26 heavy (non-hydrogen) atoms. The van der Waals surface area contributed by atoms with E-state index in [-0.39, 0.29) is 5.92 Å². The Bertz CT molecular complexity index is 1010. The molecular formula is C23H20N2O. The average Bonchev–Trinajstić information content (AvgIpc) is 2.73. The Hall–Kier alpha value is -2.94. The van der Waals surface area contributed by atoms with Gasteiger partial charge in [-0.05, 0) is 58.4 Å². The molecule has 0 aliphatic heterocycles. The zero-order chi connectivity index (χ0) is 17.5. The standard InChI is InChI=1S/C23H20N2O/c1-26-17-8-10-19-16(13-17)7-9-20-18-6-3-2-5-15(18)14-21(22(19)20)23-24-11-4-12-25-23/h2-9,11-12,21H,10,13-14H2,1H3. The summed E-state index contributed by atoms with van der Waals surface area (Å²) in [6, 6.07) is 15.2. The van der Waals surface area contributed by atoms with Crippen molar-refractivity contribution >= 4 is 0 Å². The van der Waals surface area contributed by atoms with E-state index in [2.05, 4.69) is 52.4 Å². The van der Waals surface area contributed by atoms with Gasteiger partial charge in [-0.3, -0.25) is 0 Å². The quantitative estimate of drug-likeness (QED) is 0.691. The maximum atomic E-state index is 5.50. The Kier molecular flexibility index (Phi) is 3.59. The fraction of sp³-hybridized carbons (Fsp3) is 0.217. The van der Waals surface area contributed by atoms with Gasteiger partial charge in [-0.1, -0.05) is 36.4 Å². The van der Waals surface area contributed by atoms with E-state index in [1.165, 1.54) is 33.4 Å². The Balaban J connectivity index is 1.74. The minimum absolute atomic E-state index is 0.202. The summed E-state index contributed by atoms with van der Waals surface area (Å²) in [6.07, 6.45) is 8.63. The molecule has 0 fully saturated rings. The van der Waals surface area contributed by atoms with Crippen molar-refractivity contribution < 1.29 is 4.74 Å². The van der Waals surface area contributed by atoms with Crippen LogP contribution in [0.15, 0.2) is 66.7 Å². The van der Waals surface area contributed by atoms with Gasteiger partial charge in [-0.2, -0.15) is 0 Å². The molecule has 2 aliphatic carbocycles. The molecule has 1 atom stereocenters. The van der Waals surface area contributed by atoms with Crippen LogP contribution in [0.4, 0.5) is 0 Å². The third-order valence-electron chi connectivity index (χ3n) is 5.59. The van der Waals surface area contributed by atoms with Crippen molar-refractivity contribution in [3.63, 3.8) is 0 Å². The van der Waals surface area contributed by atoms with E-state index in [9.17, 15) is 0 Å². The largest absolute Gasteiger partial charge is 0.501 e. The minimum atomic E-state index is 0.202. The smallest absolute Gasteiger partial charge is 0.136 e. The van der Waals surface area contributed by atoms with Crippen LogP contribution in [0, 0.1) is 0 Å². The Morgan fingerprint density at radius 1 is 0.923 bits per heavy atom. The summed E-state index contributed by atoms with van der Waals surface area (Å²) in [5.74, 6) is 2.17. The predicted molar refractivity (Wildman–Crippen MR) is 102 cm³/mol. The third kappa shape index (κ3) is 2.35. The van der Waals surface area contributed by atoms with Crippen molar-refractivity contribution in [2.45, 2.75) is 25.2 Å². The summed E-state index contributed by atoms with van der Waals surface area (Å²) in [5.41, 5.74) is 8.25. The summed E-state index contributed by atoms with van der Waals surface area (Å²) in [5, 5.41) is 0. The third-order valence-corrected chi connectivity index (χ3v) is 5.59. The highest BCUT2D eigenvalue weighted by Crippen LogP contribution is 2.45. The Morgan fingerprint density at radius 3 is 2.62 bits per heavy atom. The number of hydrogen-bond donors (Lipinski definition) is 0. The van der Waals surface area contributed by atoms with Crippen LogP contribution in [-0.2, 0) is 24.0 Å². The molecule has 0 N–H and O–H groups in total. The van der Waals surface area contributed by atoms with E-state index in [4.69, 9.17) is 4.74 Å². The second-order valence-corrected chi connectivity index (χ2v) is 6.94. The van der Waals surface area contributed by atoms with Crippen molar-refractivity contribution in [3.8, 4) is 11.1 Å². The van der Waals surface area contributed by atoms with Gasteiger partial charge in [-0.15, -0.1) is 0 Å². The number of fused-ring (bicyclic) bond motifs is 5. The topological polar surface area (TPSA) is 35.0 Å². The molecule has 0 radical (unpaired) electrons. The van der Waals surface area contributed by atoms with E-state index >= 15 is 0 Å². The van der Waals surface area contributed by atoms with Crippen LogP contribution in [-0.4, -0.2) is 17.1 Å². The van der Waals surface area contributed by atoms with Gasteiger partial charge in [-0.25, -0.2) is 9.97 Å². The lowest BCUT2D eigenvalue weighted by molar-refractivity contribution is 0.280. The van der Waals surface area contributed by atoms with Gasteiger partial charge >= 0.3 is 0 Å². The molecule has 0 amide bonds. The summed E-state index contributed by atoms with van der Waals surface area (Å²) in [7, 11) is 1.76. The van der Waals surface area contributed by atoms with E-state index in [0.29, 0.717) is 0 Å². The van der Waals surface area contributed by atoms with Crippen molar-refractivity contribution in [1.82, 2.24) is 9.97 Å². The first-order chi connectivity index (χ1) is 12.8. The number of aromatic nitrogens is 2. The highest BCUT2D eigenvalue weighted by atomic mass is 16.5. The molecule has 0 saturated heterocycles. The lowest BCUT2D eigenvalue weighted by Crippen LogP contribution is -2.19. The van der Waals surface area contributed by atoms with Crippen LogP contribution in [0.1, 0.15) is 34.0 Å². The van der Waals surface area contributed by atoms with Crippen LogP contribution < -0.4 is 0 Å². The lowest BCUT2D eigenvalue weighted by Gasteiger charge is -2.31. The molecule has 1 unspecified atom stereocenters. The van der Waals surface area contributed by atoms with Crippen molar-refractivity contribution in [2.24, 2.45) is 0 Å². The molecular weight excluding hydrogens is 320 g/mol. The SMILES string of the molecule is COC1=CCc2c(ccc3c2C(c2ncccn2)Cc2ccccc2-3)C1. The lowest BCUT2D eigenvalue weighted by atomic mass is 9.73. The van der Waals surface area contributed by atoms with Crippen molar-refractivity contribution in [3.05, 3.63) is 94.8 Å². The Labute approximate surface area is 153 Å². The highest BCUT2D eigenvalue weighted by Gasteiger charge is 2.31. The number of nitrogens with zero attached hydrogens (tertiary/aromatic N) is 2. The fourth-order valence-electron chi connectivity index (χ4n) is 4.37. The molecule has 3 nitrogen and oxygen atoms in total. The van der Waals surface area contributed by atoms with Crippen LogP contribution >= 0.6 is 0 Å².